The van der Waals surface area contributed by atoms with Crippen molar-refractivity contribution in [3.05, 3.63) is 54.8 Å². The van der Waals surface area contributed by atoms with E-state index in [2.05, 4.69) is 62.5 Å². The van der Waals surface area contributed by atoms with Crippen molar-refractivity contribution in [2.45, 2.75) is 39.2 Å². The molecule has 1 atom stereocenters. The first-order valence-electron chi connectivity index (χ1n) is 10.1. The lowest BCUT2D eigenvalue weighted by Gasteiger charge is -2.33. The summed E-state index contributed by atoms with van der Waals surface area (Å²) < 4.78 is 2.11. The Morgan fingerprint density at radius 1 is 1.18 bits per heavy atom. The molecule has 0 saturated carbocycles. The van der Waals surface area contributed by atoms with Crippen molar-refractivity contribution in [2.75, 3.05) is 18.4 Å². The molecule has 1 aliphatic heterocycles. The maximum Gasteiger partial charge on any atom is 0.130 e. The third-order valence-corrected chi connectivity index (χ3v) is 5.88. The molecule has 1 aromatic carbocycles. The second kappa shape index (κ2) is 7.76. The first kappa shape index (κ1) is 18.7. The Kier molecular flexibility index (Phi) is 5.18. The quantitative estimate of drug-likeness (QED) is 0.699. The van der Waals surface area contributed by atoms with Crippen LogP contribution in [-0.2, 0) is 7.05 Å². The first-order chi connectivity index (χ1) is 13.5. The number of imidazole rings is 1. The number of fused-ring (bicyclic) bond motifs is 1. The Balaban J connectivity index is 1.53. The van der Waals surface area contributed by atoms with Crippen molar-refractivity contribution >= 4 is 16.6 Å². The second-order valence-electron chi connectivity index (χ2n) is 7.92. The molecule has 5 nitrogen and oxygen atoms in total. The SMILES string of the molecule is C=C(CN1CCCCC1C)Nc1cc2cc(-c3cnc(C)n3C)ccc2cn1. The number of rotatable bonds is 5. The number of aromatic nitrogens is 3. The van der Waals surface area contributed by atoms with Crippen LogP contribution < -0.4 is 5.32 Å². The summed E-state index contributed by atoms with van der Waals surface area (Å²) in [6.45, 7) is 10.6. The van der Waals surface area contributed by atoms with Crippen molar-refractivity contribution in [3.63, 3.8) is 0 Å². The van der Waals surface area contributed by atoms with Gasteiger partial charge < -0.3 is 9.88 Å². The molecule has 1 fully saturated rings. The highest BCUT2D eigenvalue weighted by Gasteiger charge is 2.18. The van der Waals surface area contributed by atoms with Crippen LogP contribution in [0, 0.1) is 6.92 Å². The van der Waals surface area contributed by atoms with Crippen molar-refractivity contribution < 1.29 is 0 Å². The monoisotopic (exact) mass is 375 g/mol. The van der Waals surface area contributed by atoms with Crippen LogP contribution in [0.4, 0.5) is 5.82 Å². The Morgan fingerprint density at radius 3 is 2.79 bits per heavy atom. The Bertz CT molecular complexity index is 1000. The third-order valence-electron chi connectivity index (χ3n) is 5.88. The van der Waals surface area contributed by atoms with Gasteiger partial charge in [-0.05, 0) is 50.8 Å². The molecular weight excluding hydrogens is 346 g/mol. The molecule has 0 radical (unpaired) electrons. The summed E-state index contributed by atoms with van der Waals surface area (Å²) in [5, 5.41) is 5.70. The van der Waals surface area contributed by atoms with Gasteiger partial charge in [-0.25, -0.2) is 9.97 Å². The van der Waals surface area contributed by atoms with E-state index in [4.69, 9.17) is 0 Å². The van der Waals surface area contributed by atoms with Crippen LogP contribution in [0.1, 0.15) is 32.0 Å². The molecule has 3 heterocycles. The van der Waals surface area contributed by atoms with E-state index < -0.39 is 0 Å². The highest BCUT2D eigenvalue weighted by molar-refractivity contribution is 5.88. The van der Waals surface area contributed by atoms with E-state index in [9.17, 15) is 0 Å². The van der Waals surface area contributed by atoms with Crippen LogP contribution in [0.2, 0.25) is 0 Å². The number of pyridine rings is 1. The summed E-state index contributed by atoms with van der Waals surface area (Å²) in [7, 11) is 2.05. The molecule has 0 amide bonds. The number of nitrogens with zero attached hydrogens (tertiary/aromatic N) is 4. The van der Waals surface area contributed by atoms with Gasteiger partial charge in [0, 0.05) is 42.5 Å². The lowest BCUT2D eigenvalue weighted by molar-refractivity contribution is 0.175. The highest BCUT2D eigenvalue weighted by Crippen LogP contribution is 2.26. The number of piperidine rings is 1. The smallest absolute Gasteiger partial charge is 0.130 e. The fraction of sp³-hybridized carbons (Fsp3) is 0.391. The zero-order valence-corrected chi connectivity index (χ0v) is 17.1. The lowest BCUT2D eigenvalue weighted by Crippen LogP contribution is -2.39. The van der Waals surface area contributed by atoms with Gasteiger partial charge in [0.05, 0.1) is 11.9 Å². The molecule has 1 unspecified atom stereocenters. The van der Waals surface area contributed by atoms with E-state index in [0.717, 1.165) is 52.5 Å². The molecular formula is C23H29N5. The van der Waals surface area contributed by atoms with E-state index >= 15 is 0 Å². The number of aryl methyl sites for hydroxylation is 1. The summed E-state index contributed by atoms with van der Waals surface area (Å²) >= 11 is 0. The number of likely N-dealkylation sites (tertiary alicyclic amines) is 1. The fourth-order valence-corrected chi connectivity index (χ4v) is 4.00. The molecule has 146 valence electrons. The Labute approximate surface area is 167 Å². The van der Waals surface area contributed by atoms with Gasteiger partial charge in [-0.2, -0.15) is 0 Å². The molecule has 0 aliphatic carbocycles. The van der Waals surface area contributed by atoms with Crippen LogP contribution >= 0.6 is 0 Å². The van der Waals surface area contributed by atoms with Gasteiger partial charge in [-0.3, -0.25) is 4.90 Å². The summed E-state index contributed by atoms with van der Waals surface area (Å²) in [4.78, 5) is 11.5. The van der Waals surface area contributed by atoms with Gasteiger partial charge in [-0.15, -0.1) is 0 Å². The van der Waals surface area contributed by atoms with Crippen LogP contribution in [0.3, 0.4) is 0 Å². The van der Waals surface area contributed by atoms with Gasteiger partial charge in [0.15, 0.2) is 0 Å². The fourth-order valence-electron chi connectivity index (χ4n) is 4.00. The van der Waals surface area contributed by atoms with E-state index in [0.29, 0.717) is 6.04 Å². The van der Waals surface area contributed by atoms with E-state index in [1.54, 1.807) is 0 Å². The second-order valence-corrected chi connectivity index (χ2v) is 7.92. The minimum Gasteiger partial charge on any atom is -0.343 e. The van der Waals surface area contributed by atoms with Gasteiger partial charge in [0.1, 0.15) is 11.6 Å². The molecule has 1 saturated heterocycles. The standard InChI is InChI=1S/C23H29N5/c1-16(15-28-10-6-5-7-17(28)2)26-23-12-21-11-19(8-9-20(21)13-25-23)22-14-24-18(3)27(22)4/h8-9,11-14,17H,1,5-7,10,15H2,2-4H3,(H,25,26). The van der Waals surface area contributed by atoms with E-state index in [1.807, 2.05) is 26.4 Å². The summed E-state index contributed by atoms with van der Waals surface area (Å²) in [6, 6.07) is 9.18. The molecule has 3 aromatic rings. The Morgan fingerprint density at radius 2 is 2.04 bits per heavy atom. The zero-order chi connectivity index (χ0) is 19.7. The number of hydrogen-bond donors (Lipinski definition) is 1. The number of nitrogens with one attached hydrogen (secondary N) is 1. The van der Waals surface area contributed by atoms with Crippen LogP contribution in [0.15, 0.2) is 48.9 Å². The number of hydrogen-bond acceptors (Lipinski definition) is 4. The van der Waals surface area contributed by atoms with Crippen LogP contribution in [-0.4, -0.2) is 38.6 Å². The predicted octanol–water partition coefficient (Wildman–Crippen LogP) is 4.74. The lowest BCUT2D eigenvalue weighted by atomic mass is 10.0. The molecule has 1 aliphatic rings. The summed E-state index contributed by atoms with van der Waals surface area (Å²) in [6.07, 6.45) is 7.74. The summed E-state index contributed by atoms with van der Waals surface area (Å²) in [5.74, 6) is 1.86. The Hall–Kier alpha value is -2.66. The molecule has 4 rings (SSSR count). The predicted molar refractivity (Wildman–Crippen MR) is 116 cm³/mol. The third kappa shape index (κ3) is 3.80. The normalized spacial score (nSPS) is 17.8. The number of anilines is 1. The van der Waals surface area contributed by atoms with Crippen LogP contribution in [0.5, 0.6) is 0 Å². The minimum atomic E-state index is 0.627. The molecule has 1 N–H and O–H groups in total. The maximum absolute atomic E-state index is 4.58. The largest absolute Gasteiger partial charge is 0.343 e. The zero-order valence-electron chi connectivity index (χ0n) is 17.1. The maximum atomic E-state index is 4.58. The van der Waals surface area contributed by atoms with Gasteiger partial charge in [0.2, 0.25) is 0 Å². The van der Waals surface area contributed by atoms with E-state index in [1.165, 1.54) is 19.3 Å². The van der Waals surface area contributed by atoms with Crippen molar-refractivity contribution in [3.8, 4) is 11.3 Å². The molecule has 2 aromatic heterocycles. The average molecular weight is 376 g/mol. The van der Waals surface area contributed by atoms with Crippen molar-refractivity contribution in [1.82, 2.24) is 19.4 Å². The summed E-state index contributed by atoms with van der Waals surface area (Å²) in [5.41, 5.74) is 3.28. The number of benzene rings is 1. The molecule has 5 heteroatoms. The molecule has 0 bridgehead atoms. The minimum absolute atomic E-state index is 0.627. The highest BCUT2D eigenvalue weighted by atomic mass is 15.2. The molecule has 0 spiro atoms. The van der Waals surface area contributed by atoms with Gasteiger partial charge >= 0.3 is 0 Å². The molecule has 28 heavy (non-hydrogen) atoms. The van der Waals surface area contributed by atoms with Crippen molar-refractivity contribution in [2.24, 2.45) is 7.05 Å². The van der Waals surface area contributed by atoms with E-state index in [-0.39, 0.29) is 0 Å². The van der Waals surface area contributed by atoms with Crippen molar-refractivity contribution in [1.29, 1.82) is 0 Å². The van der Waals surface area contributed by atoms with Crippen LogP contribution in [0.25, 0.3) is 22.0 Å². The first-order valence-corrected chi connectivity index (χ1v) is 10.1. The van der Waals surface area contributed by atoms with Gasteiger partial charge in [0.25, 0.3) is 0 Å². The topological polar surface area (TPSA) is 46.0 Å². The average Bonchev–Trinajstić information content (AvgIpc) is 3.02. The van der Waals surface area contributed by atoms with Gasteiger partial charge in [-0.1, -0.05) is 25.1 Å².